The summed E-state index contributed by atoms with van der Waals surface area (Å²) in [4.78, 5) is 43.7. The average Bonchev–Trinajstić information content (AvgIpc) is 2.84. The number of benzene rings is 1. The number of anilines is 1. The Labute approximate surface area is 145 Å². The van der Waals surface area contributed by atoms with E-state index < -0.39 is 11.2 Å². The van der Waals surface area contributed by atoms with Gasteiger partial charge >= 0.3 is 5.97 Å². The first-order valence-corrected chi connectivity index (χ1v) is 8.09. The molecule has 0 saturated carbocycles. The van der Waals surface area contributed by atoms with E-state index in [4.69, 9.17) is 0 Å². The Balaban J connectivity index is 2.36. The summed E-state index contributed by atoms with van der Waals surface area (Å²) in [5.41, 5.74) is 1.51. The van der Waals surface area contributed by atoms with Crippen molar-refractivity contribution in [3.05, 3.63) is 39.9 Å². The van der Waals surface area contributed by atoms with Crippen LogP contribution in [-0.4, -0.2) is 30.2 Å². The molecule has 0 saturated heterocycles. The topological polar surface area (TPSA) is 81.7 Å². The number of thioether (sulfide) groups is 1. The number of allylic oxidation sites excluding steroid dienone is 1. The lowest BCUT2D eigenvalue weighted by molar-refractivity contribution is -0.253. The molecule has 23 heavy (non-hydrogen) atoms. The molecule has 6 nitrogen and oxygen atoms in total. The van der Waals surface area contributed by atoms with Gasteiger partial charge in [-0.1, -0.05) is 12.1 Å². The first kappa shape index (κ1) is 17.5. The van der Waals surface area contributed by atoms with E-state index in [0.29, 0.717) is 15.1 Å². The second kappa shape index (κ2) is 7.61. The van der Waals surface area contributed by atoms with E-state index in [9.17, 15) is 14.4 Å². The highest BCUT2D eigenvalue weighted by molar-refractivity contribution is 9.12. The third kappa shape index (κ3) is 3.92. The Morgan fingerprint density at radius 1 is 1.39 bits per heavy atom. The highest BCUT2D eigenvalue weighted by atomic mass is 79.9. The van der Waals surface area contributed by atoms with Gasteiger partial charge in [0.05, 0.1) is 12.7 Å². The second-order valence-corrected chi connectivity index (χ2v) is 6.40. The minimum absolute atomic E-state index is 0.150. The van der Waals surface area contributed by atoms with Crippen molar-refractivity contribution in [3.63, 3.8) is 0 Å². The van der Waals surface area contributed by atoms with Crippen molar-refractivity contribution in [3.8, 4) is 0 Å². The second-order valence-electron chi connectivity index (χ2n) is 4.49. The summed E-state index contributed by atoms with van der Waals surface area (Å²) >= 11 is 4.47. The fourth-order valence-corrected chi connectivity index (χ4v) is 4.09. The summed E-state index contributed by atoms with van der Waals surface area (Å²) in [6.45, 7) is 1.41. The van der Waals surface area contributed by atoms with Crippen molar-refractivity contribution in [2.45, 2.75) is 12.2 Å². The van der Waals surface area contributed by atoms with Gasteiger partial charge < -0.3 is 5.32 Å². The van der Waals surface area contributed by atoms with Gasteiger partial charge in [-0.25, -0.2) is 9.59 Å². The van der Waals surface area contributed by atoms with Gasteiger partial charge in [-0.05, 0) is 33.6 Å². The predicted octanol–water partition coefficient (Wildman–Crippen LogP) is 2.69. The molecule has 1 aromatic carbocycles. The van der Waals surface area contributed by atoms with Crippen LogP contribution in [-0.2, 0) is 24.2 Å². The lowest BCUT2D eigenvalue weighted by atomic mass is 10.1. The molecule has 1 aliphatic heterocycles. The SMILES string of the molecule is COOC(=O)C1SC(c2cccc(NC(C)=O)c2)=C(Br)C1=C=O. The molecule has 1 amide bonds. The Hall–Kier alpha value is -1.86. The van der Waals surface area contributed by atoms with E-state index in [1.165, 1.54) is 14.0 Å². The number of hydrogen-bond acceptors (Lipinski definition) is 6. The zero-order chi connectivity index (χ0) is 17.0. The van der Waals surface area contributed by atoms with E-state index in [1.807, 2.05) is 0 Å². The van der Waals surface area contributed by atoms with E-state index >= 15 is 0 Å². The van der Waals surface area contributed by atoms with Crippen LogP contribution in [0.5, 0.6) is 0 Å². The lowest BCUT2D eigenvalue weighted by Crippen LogP contribution is -2.20. The highest BCUT2D eigenvalue weighted by Gasteiger charge is 2.38. The van der Waals surface area contributed by atoms with Gasteiger partial charge in [-0.15, -0.1) is 11.8 Å². The molecule has 120 valence electrons. The van der Waals surface area contributed by atoms with Crippen LogP contribution in [0.1, 0.15) is 12.5 Å². The molecule has 8 heteroatoms. The molecule has 1 aliphatic rings. The van der Waals surface area contributed by atoms with Gasteiger partial charge in [-0.3, -0.25) is 9.68 Å². The van der Waals surface area contributed by atoms with E-state index in [-0.39, 0.29) is 11.5 Å². The Morgan fingerprint density at radius 3 is 2.74 bits per heavy atom. The molecular formula is C15H12BrNO5S. The third-order valence-electron chi connectivity index (χ3n) is 2.87. The van der Waals surface area contributed by atoms with E-state index in [1.54, 1.807) is 30.2 Å². The Bertz CT molecular complexity index is 739. The summed E-state index contributed by atoms with van der Waals surface area (Å²) in [6.07, 6.45) is 0. The molecule has 0 bridgehead atoms. The van der Waals surface area contributed by atoms with Crippen LogP contribution in [0.4, 0.5) is 5.69 Å². The zero-order valence-corrected chi connectivity index (χ0v) is 14.6. The molecule has 1 aromatic rings. The number of carbonyl (C=O) groups excluding carboxylic acids is 3. The molecular weight excluding hydrogens is 386 g/mol. The van der Waals surface area contributed by atoms with Gasteiger partial charge in [0.2, 0.25) is 5.91 Å². The van der Waals surface area contributed by atoms with Crippen LogP contribution in [0, 0.1) is 0 Å². The lowest BCUT2D eigenvalue weighted by Gasteiger charge is -2.08. The molecule has 1 heterocycles. The molecule has 0 fully saturated rings. The van der Waals surface area contributed by atoms with Gasteiger partial charge in [0, 0.05) is 22.0 Å². The quantitative estimate of drug-likeness (QED) is 0.477. The number of hydrogen-bond donors (Lipinski definition) is 1. The Kier molecular flexibility index (Phi) is 5.79. The van der Waals surface area contributed by atoms with Crippen molar-refractivity contribution in [2.24, 2.45) is 0 Å². The van der Waals surface area contributed by atoms with Crippen molar-refractivity contribution in [1.29, 1.82) is 0 Å². The van der Waals surface area contributed by atoms with Crippen LogP contribution < -0.4 is 5.32 Å². The van der Waals surface area contributed by atoms with Crippen molar-refractivity contribution < 1.29 is 24.2 Å². The van der Waals surface area contributed by atoms with Crippen molar-refractivity contribution in [2.75, 3.05) is 12.4 Å². The van der Waals surface area contributed by atoms with Gasteiger partial charge in [-0.2, -0.15) is 4.89 Å². The zero-order valence-electron chi connectivity index (χ0n) is 12.2. The summed E-state index contributed by atoms with van der Waals surface area (Å²) in [6, 6.07) is 7.06. The number of amides is 1. The first-order chi connectivity index (χ1) is 11.0. The number of carbonyl (C=O) groups is 2. The van der Waals surface area contributed by atoms with Crippen molar-refractivity contribution in [1.82, 2.24) is 0 Å². The maximum Gasteiger partial charge on any atom is 0.360 e. The fourth-order valence-electron chi connectivity index (χ4n) is 1.99. The van der Waals surface area contributed by atoms with E-state index in [0.717, 1.165) is 17.3 Å². The minimum atomic E-state index is -0.860. The van der Waals surface area contributed by atoms with E-state index in [2.05, 4.69) is 31.0 Å². The predicted molar refractivity (Wildman–Crippen MR) is 90.3 cm³/mol. The molecule has 0 radical (unpaired) electrons. The number of nitrogens with one attached hydrogen (secondary N) is 1. The van der Waals surface area contributed by atoms with Crippen LogP contribution in [0.3, 0.4) is 0 Å². The summed E-state index contributed by atoms with van der Waals surface area (Å²) in [7, 11) is 1.21. The first-order valence-electron chi connectivity index (χ1n) is 6.42. The average molecular weight is 398 g/mol. The number of halogens is 1. The fraction of sp³-hybridized carbons (Fsp3) is 0.200. The van der Waals surface area contributed by atoms with Gasteiger partial charge in [0.15, 0.2) is 0 Å². The maximum absolute atomic E-state index is 11.9. The van der Waals surface area contributed by atoms with Gasteiger partial charge in [0.1, 0.15) is 11.2 Å². The summed E-state index contributed by atoms with van der Waals surface area (Å²) in [5.74, 6) is 0.880. The largest absolute Gasteiger partial charge is 0.360 e. The molecule has 1 N–H and O–H groups in total. The third-order valence-corrected chi connectivity index (χ3v) is 5.29. The molecule has 0 aliphatic carbocycles. The Morgan fingerprint density at radius 2 is 2.13 bits per heavy atom. The van der Waals surface area contributed by atoms with Crippen LogP contribution in [0.25, 0.3) is 4.91 Å². The number of rotatable bonds is 4. The highest BCUT2D eigenvalue weighted by Crippen LogP contribution is 2.49. The molecule has 2 rings (SSSR count). The monoisotopic (exact) mass is 397 g/mol. The van der Waals surface area contributed by atoms with Crippen molar-refractivity contribution >= 4 is 56.1 Å². The smallest absolute Gasteiger partial charge is 0.326 e. The minimum Gasteiger partial charge on any atom is -0.326 e. The molecule has 0 spiro atoms. The molecule has 0 aromatic heterocycles. The summed E-state index contributed by atoms with van der Waals surface area (Å²) in [5, 5.41) is 1.82. The van der Waals surface area contributed by atoms with Crippen LogP contribution in [0.15, 0.2) is 34.3 Å². The summed E-state index contributed by atoms with van der Waals surface area (Å²) < 4.78 is 0.468. The van der Waals surface area contributed by atoms with Crippen LogP contribution >= 0.6 is 27.7 Å². The standard InChI is InChI=1S/C15H12BrNO5S/c1-8(19)17-10-5-3-4-9(6-10)13-12(16)11(7-18)14(23-13)15(20)22-21-2/h3-6,14H,1-2H3,(H,17,19). The van der Waals surface area contributed by atoms with Crippen LogP contribution in [0.2, 0.25) is 0 Å². The normalized spacial score (nSPS) is 17.0. The molecule has 1 atom stereocenters. The maximum atomic E-state index is 11.9. The molecule has 1 unspecified atom stereocenters. The van der Waals surface area contributed by atoms with Gasteiger partial charge in [0.25, 0.3) is 0 Å².